The second-order valence-corrected chi connectivity index (χ2v) is 9.20. The summed E-state index contributed by atoms with van der Waals surface area (Å²) in [4.78, 5) is 26.1. The highest BCUT2D eigenvalue weighted by molar-refractivity contribution is 5.94. The lowest BCUT2D eigenvalue weighted by molar-refractivity contribution is -0.124. The third kappa shape index (κ3) is 5.55. The van der Waals surface area contributed by atoms with Crippen molar-refractivity contribution in [1.82, 2.24) is 25.6 Å². The quantitative estimate of drug-likeness (QED) is 0.465. The highest BCUT2D eigenvalue weighted by Gasteiger charge is 2.28. The molecule has 1 saturated heterocycles. The van der Waals surface area contributed by atoms with Crippen molar-refractivity contribution in [2.24, 2.45) is 0 Å². The molecule has 0 aliphatic carbocycles. The molecule has 10 heteroatoms. The number of nitrogens with one attached hydrogen (secondary N) is 3. The van der Waals surface area contributed by atoms with E-state index in [0.717, 1.165) is 40.6 Å². The molecule has 9 nitrogen and oxygen atoms in total. The molecule has 0 spiro atoms. The van der Waals surface area contributed by atoms with Crippen molar-refractivity contribution in [3.05, 3.63) is 42.6 Å². The van der Waals surface area contributed by atoms with Gasteiger partial charge in [-0.15, -0.1) is 0 Å². The van der Waals surface area contributed by atoms with Crippen LogP contribution < -0.4 is 20.7 Å². The summed E-state index contributed by atoms with van der Waals surface area (Å²) in [5.41, 5.74) is 3.05. The minimum Gasteiger partial charge on any atom is -0.489 e. The van der Waals surface area contributed by atoms with Gasteiger partial charge in [0, 0.05) is 41.6 Å². The van der Waals surface area contributed by atoms with E-state index in [1.54, 1.807) is 18.6 Å². The number of alkyl halides is 1. The van der Waals surface area contributed by atoms with Crippen LogP contribution in [0.1, 0.15) is 32.0 Å². The van der Waals surface area contributed by atoms with Crippen molar-refractivity contribution in [1.29, 1.82) is 0 Å². The monoisotopic (exact) mass is 494 g/mol. The van der Waals surface area contributed by atoms with Gasteiger partial charge in [0.25, 0.3) is 0 Å². The smallest absolute Gasteiger partial charge is 0.237 e. The first kappa shape index (κ1) is 24.3. The molecular formula is C26H31FN6O3. The highest BCUT2D eigenvalue weighted by Crippen LogP contribution is 2.37. The predicted octanol–water partition coefficient (Wildman–Crippen LogP) is 3.00. The number of amides is 1. The van der Waals surface area contributed by atoms with Crippen LogP contribution in [0.2, 0.25) is 0 Å². The summed E-state index contributed by atoms with van der Waals surface area (Å²) in [6, 6.07) is 5.51. The zero-order valence-electron chi connectivity index (χ0n) is 20.3. The maximum atomic E-state index is 14.8. The first-order valence-electron chi connectivity index (χ1n) is 12.5. The van der Waals surface area contributed by atoms with E-state index >= 15 is 0 Å². The molecule has 1 fully saturated rings. The molecule has 1 unspecified atom stereocenters. The molecule has 5 rings (SSSR count). The van der Waals surface area contributed by atoms with Crippen molar-refractivity contribution >= 4 is 22.5 Å². The van der Waals surface area contributed by atoms with E-state index in [-0.39, 0.29) is 31.1 Å². The third-order valence-electron chi connectivity index (χ3n) is 6.41. The molecule has 3 N–H and O–H groups in total. The summed E-state index contributed by atoms with van der Waals surface area (Å²) in [6.07, 6.45) is 6.25. The van der Waals surface area contributed by atoms with Crippen LogP contribution >= 0.6 is 0 Å². The normalized spacial score (nSPS) is 22.4. The number of nitrogens with zero attached hydrogens (tertiary/aromatic N) is 3. The number of rotatable bonds is 5. The van der Waals surface area contributed by atoms with E-state index in [9.17, 15) is 9.18 Å². The van der Waals surface area contributed by atoms with Crippen molar-refractivity contribution in [3.63, 3.8) is 0 Å². The number of aromatic nitrogens is 3. The van der Waals surface area contributed by atoms with Crippen molar-refractivity contribution in [2.75, 3.05) is 31.6 Å². The lowest BCUT2D eigenvalue weighted by Gasteiger charge is -2.31. The molecule has 2 aliphatic heterocycles. The number of ether oxygens (including phenoxy) is 2. The molecular weight excluding hydrogens is 463 g/mol. The van der Waals surface area contributed by atoms with Crippen molar-refractivity contribution in [2.45, 2.75) is 51.0 Å². The standard InChI is InChI=1S/C26H31FN6O3/c1-2-7-35-15-24-30-10-16(11-31-24)20-3-4-22-21-8-19(13-29-22)33-18-5-6-28-23(9-18)26(34)32-12-17(27)14-36-25(20)21/h3-4,8,10-11,13,17-18,23,28,33H,2,5-7,9,12,14-15H2,1H3,(H,32,34)/t17?,18-,23-/m0/s1. The topological polar surface area (TPSA) is 110 Å². The number of benzene rings is 1. The Morgan fingerprint density at radius 1 is 1.19 bits per heavy atom. The van der Waals surface area contributed by atoms with Crippen LogP contribution in [0, 0.1) is 0 Å². The van der Waals surface area contributed by atoms with Crippen LogP contribution in [0.3, 0.4) is 0 Å². The van der Waals surface area contributed by atoms with Crippen LogP contribution in [0.15, 0.2) is 36.8 Å². The molecule has 2 aromatic heterocycles. The van der Waals surface area contributed by atoms with Crippen LogP contribution in [-0.4, -0.2) is 65.4 Å². The molecule has 4 heterocycles. The Balaban J connectivity index is 1.51. The van der Waals surface area contributed by atoms with Gasteiger partial charge in [-0.1, -0.05) is 6.92 Å². The molecule has 3 aromatic rings. The fourth-order valence-electron chi connectivity index (χ4n) is 4.56. The second kappa shape index (κ2) is 11.1. The van der Waals surface area contributed by atoms with E-state index in [0.29, 0.717) is 37.8 Å². The number of piperidine rings is 1. The Hall–Kier alpha value is -3.37. The Kier molecular flexibility index (Phi) is 7.52. The number of halogens is 1. The number of hydrogen-bond acceptors (Lipinski definition) is 8. The summed E-state index contributed by atoms with van der Waals surface area (Å²) < 4.78 is 26.4. The molecule has 2 aliphatic rings. The maximum absolute atomic E-state index is 14.8. The largest absolute Gasteiger partial charge is 0.489 e. The van der Waals surface area contributed by atoms with Gasteiger partial charge >= 0.3 is 0 Å². The summed E-state index contributed by atoms with van der Waals surface area (Å²) in [5, 5.41) is 10.2. The first-order chi connectivity index (χ1) is 17.6. The minimum atomic E-state index is -1.37. The number of hydrogen-bond donors (Lipinski definition) is 3. The van der Waals surface area contributed by atoms with Gasteiger partial charge in [-0.2, -0.15) is 0 Å². The second-order valence-electron chi connectivity index (χ2n) is 9.20. The SMILES string of the molecule is CCCOCc1ncc(-c2ccc3ncc4cc3c2OCC(F)CNC(=O)[C@@H]2C[C@H](CCN2)N4)cn1. The van der Waals surface area contributed by atoms with Gasteiger partial charge in [0.1, 0.15) is 19.0 Å². The lowest BCUT2D eigenvalue weighted by atomic mass is 9.98. The Bertz CT molecular complexity index is 1210. The molecule has 4 bridgehead atoms. The van der Waals surface area contributed by atoms with Crippen LogP contribution in [0.25, 0.3) is 22.0 Å². The molecule has 36 heavy (non-hydrogen) atoms. The van der Waals surface area contributed by atoms with Crippen molar-refractivity contribution in [3.8, 4) is 16.9 Å². The Morgan fingerprint density at radius 2 is 2.06 bits per heavy atom. The average molecular weight is 495 g/mol. The summed E-state index contributed by atoms with van der Waals surface area (Å²) in [7, 11) is 0. The molecule has 1 aromatic carbocycles. The predicted molar refractivity (Wildman–Crippen MR) is 135 cm³/mol. The summed E-state index contributed by atoms with van der Waals surface area (Å²) in [6.45, 7) is 3.42. The Morgan fingerprint density at radius 3 is 2.89 bits per heavy atom. The van der Waals surface area contributed by atoms with E-state index in [1.807, 2.05) is 25.1 Å². The van der Waals surface area contributed by atoms with Gasteiger partial charge in [-0.3, -0.25) is 9.78 Å². The summed E-state index contributed by atoms with van der Waals surface area (Å²) >= 11 is 0. The van der Waals surface area contributed by atoms with Gasteiger partial charge in [0.2, 0.25) is 5.91 Å². The van der Waals surface area contributed by atoms with Crippen LogP contribution in [-0.2, 0) is 16.1 Å². The molecule has 0 radical (unpaired) electrons. The highest BCUT2D eigenvalue weighted by atomic mass is 19.1. The number of anilines is 1. The van der Waals surface area contributed by atoms with Crippen LogP contribution in [0.4, 0.5) is 10.1 Å². The van der Waals surface area contributed by atoms with Gasteiger partial charge < -0.3 is 25.4 Å². The molecule has 190 valence electrons. The van der Waals surface area contributed by atoms with Gasteiger partial charge in [-0.05, 0) is 44.0 Å². The molecule has 3 atom stereocenters. The van der Waals surface area contributed by atoms with Crippen LogP contribution in [0.5, 0.6) is 5.75 Å². The van der Waals surface area contributed by atoms with Gasteiger partial charge in [0.05, 0.1) is 30.0 Å². The fraction of sp³-hybridized carbons (Fsp3) is 0.462. The Labute approximate surface area is 209 Å². The lowest BCUT2D eigenvalue weighted by Crippen LogP contribution is -2.52. The van der Waals surface area contributed by atoms with Gasteiger partial charge in [0.15, 0.2) is 12.0 Å². The third-order valence-corrected chi connectivity index (χ3v) is 6.41. The average Bonchev–Trinajstić information content (AvgIpc) is 2.90. The number of pyridine rings is 1. The molecule has 1 amide bonds. The minimum absolute atomic E-state index is 0.0915. The fourth-order valence-corrected chi connectivity index (χ4v) is 4.56. The van der Waals surface area contributed by atoms with E-state index in [2.05, 4.69) is 30.9 Å². The van der Waals surface area contributed by atoms with E-state index in [1.165, 1.54) is 0 Å². The first-order valence-corrected chi connectivity index (χ1v) is 12.5. The van der Waals surface area contributed by atoms with Crippen molar-refractivity contribution < 1.29 is 18.7 Å². The maximum Gasteiger partial charge on any atom is 0.237 e. The summed E-state index contributed by atoms with van der Waals surface area (Å²) in [5.74, 6) is 0.908. The van der Waals surface area contributed by atoms with E-state index in [4.69, 9.17) is 9.47 Å². The molecule has 0 saturated carbocycles. The number of fused-ring (bicyclic) bond motifs is 3. The zero-order valence-corrected chi connectivity index (χ0v) is 20.3. The number of carbonyl (C=O) groups excluding carboxylic acids is 1. The zero-order chi connectivity index (χ0) is 24.9. The van der Waals surface area contributed by atoms with Gasteiger partial charge in [-0.25, -0.2) is 14.4 Å². The van der Waals surface area contributed by atoms with E-state index < -0.39 is 6.17 Å². The number of carbonyl (C=O) groups is 1.